The number of phenolic OH excluding ortho intramolecular Hbond substituents is 1. The van der Waals surface area contributed by atoms with Crippen LogP contribution in [0.15, 0.2) is 134 Å². The van der Waals surface area contributed by atoms with Crippen molar-refractivity contribution in [1.29, 1.82) is 0 Å². The first-order chi connectivity index (χ1) is 35.4. The van der Waals surface area contributed by atoms with Gasteiger partial charge in [-0.05, 0) is 85.4 Å². The van der Waals surface area contributed by atoms with Gasteiger partial charge < -0.3 is 5.11 Å². The molecule has 3 heterocycles. The monoisotopic (exact) mass is 1200 g/mol. The third-order valence-electron chi connectivity index (χ3n) is 14.4. The number of aromatic hydroxyl groups is 1. The SMILES string of the molecule is CC(C)(C)c1cc(-c2cc(-c3ccccc3)ccn2)[c-]c(-c2cccc3c2nc(-c2cc(C(C)(C)C)cc(C(C)(C)C)c2O)n3-c2ccc(-c3ccc(-c4nc(C(C)(C)C)nc(C(C)(C)C)n4)cc3)cc2C(C)(C)C)c1.[Pt]. The molecule has 9 rings (SSSR count). The number of nitrogens with zero attached hydrogens (tertiary/aromatic N) is 6. The number of benzene rings is 6. The number of pyridine rings is 1. The van der Waals surface area contributed by atoms with Gasteiger partial charge in [-0.15, -0.1) is 29.3 Å². The first-order valence-corrected chi connectivity index (χ1v) is 26.9. The summed E-state index contributed by atoms with van der Waals surface area (Å²) in [5.41, 5.74) is 15.2. The maximum atomic E-state index is 12.7. The van der Waals surface area contributed by atoms with Gasteiger partial charge in [0.25, 0.3) is 0 Å². The molecule has 0 saturated heterocycles. The molecule has 0 bridgehead atoms. The molecular weight excluding hydrogens is 1120 g/mol. The fraction of sp³-hybridized carbons (Fsp3) is 0.348. The molecule has 0 unspecified atom stereocenters. The van der Waals surface area contributed by atoms with Gasteiger partial charge in [-0.25, -0.2) is 19.9 Å². The molecule has 0 fully saturated rings. The topological polar surface area (TPSA) is 89.6 Å². The summed E-state index contributed by atoms with van der Waals surface area (Å²) in [6.45, 7) is 39.6. The Morgan fingerprint density at radius 3 is 1.56 bits per heavy atom. The van der Waals surface area contributed by atoms with Crippen LogP contribution in [0, 0.1) is 6.07 Å². The van der Waals surface area contributed by atoms with E-state index in [0.717, 1.165) is 95.3 Å². The Bertz CT molecular complexity index is 3610. The summed E-state index contributed by atoms with van der Waals surface area (Å²) < 4.78 is 2.29. The molecule has 0 aliphatic heterocycles. The summed E-state index contributed by atoms with van der Waals surface area (Å²) >= 11 is 0. The third-order valence-corrected chi connectivity index (χ3v) is 14.4. The molecule has 0 spiro atoms. The van der Waals surface area contributed by atoms with Gasteiger partial charge >= 0.3 is 0 Å². The van der Waals surface area contributed by atoms with Crippen molar-refractivity contribution >= 4 is 11.0 Å². The van der Waals surface area contributed by atoms with Crippen molar-refractivity contribution in [1.82, 2.24) is 29.5 Å². The molecule has 8 heteroatoms. The van der Waals surface area contributed by atoms with Crippen LogP contribution < -0.4 is 0 Å². The van der Waals surface area contributed by atoms with E-state index in [2.05, 4.69) is 257 Å². The maximum Gasteiger partial charge on any atom is 0.163 e. The molecular formula is C69H77N6OPt-. The van der Waals surface area contributed by atoms with Crippen molar-refractivity contribution in [3.63, 3.8) is 0 Å². The van der Waals surface area contributed by atoms with E-state index in [1.807, 2.05) is 12.3 Å². The Kier molecular flexibility index (Phi) is 15.0. The van der Waals surface area contributed by atoms with Crippen LogP contribution in [0.1, 0.15) is 159 Å². The molecule has 0 radical (unpaired) electrons. The Morgan fingerprint density at radius 2 is 0.974 bits per heavy atom. The fourth-order valence-electron chi connectivity index (χ4n) is 9.72. The Morgan fingerprint density at radius 1 is 0.429 bits per heavy atom. The van der Waals surface area contributed by atoms with Crippen LogP contribution >= 0.6 is 0 Å². The van der Waals surface area contributed by atoms with E-state index < -0.39 is 0 Å². The number of hydrogen-bond acceptors (Lipinski definition) is 6. The maximum absolute atomic E-state index is 12.7. The van der Waals surface area contributed by atoms with E-state index >= 15 is 0 Å². The molecule has 0 aliphatic rings. The van der Waals surface area contributed by atoms with Crippen LogP contribution in [-0.4, -0.2) is 34.6 Å². The van der Waals surface area contributed by atoms with Gasteiger partial charge in [0.1, 0.15) is 23.2 Å². The summed E-state index contributed by atoms with van der Waals surface area (Å²) in [6.07, 6.45) is 1.89. The molecule has 3 aromatic heterocycles. The van der Waals surface area contributed by atoms with Gasteiger partial charge in [-0.2, -0.15) is 0 Å². The first kappa shape index (κ1) is 56.6. The summed E-state index contributed by atoms with van der Waals surface area (Å²) in [5, 5.41) is 12.7. The summed E-state index contributed by atoms with van der Waals surface area (Å²) in [4.78, 5) is 25.6. The molecule has 1 N–H and O–H groups in total. The quantitative estimate of drug-likeness (QED) is 0.160. The average Bonchev–Trinajstić information content (AvgIpc) is 3.83. The van der Waals surface area contributed by atoms with Crippen molar-refractivity contribution in [2.24, 2.45) is 0 Å². The second kappa shape index (κ2) is 20.3. The zero-order chi connectivity index (χ0) is 55.1. The predicted octanol–water partition coefficient (Wildman–Crippen LogP) is 17.9. The summed E-state index contributed by atoms with van der Waals surface area (Å²) in [6, 6.07) is 49.2. The average molecular weight is 1200 g/mol. The van der Waals surface area contributed by atoms with Gasteiger partial charge in [0, 0.05) is 54.9 Å². The number of imidazole rings is 1. The van der Waals surface area contributed by atoms with E-state index in [1.165, 1.54) is 5.56 Å². The van der Waals surface area contributed by atoms with Crippen molar-refractivity contribution in [2.45, 2.75) is 157 Å². The van der Waals surface area contributed by atoms with Crippen LogP contribution in [0.2, 0.25) is 0 Å². The predicted molar refractivity (Wildman–Crippen MR) is 318 cm³/mol. The molecule has 9 aromatic rings. The Hall–Kier alpha value is -6.56. The van der Waals surface area contributed by atoms with E-state index in [1.54, 1.807) is 0 Å². The number of aromatic nitrogens is 6. The molecule has 400 valence electrons. The second-order valence-electron chi connectivity index (χ2n) is 27.0. The molecule has 7 nitrogen and oxygen atoms in total. The molecule has 0 atom stereocenters. The third kappa shape index (κ3) is 11.7. The van der Waals surface area contributed by atoms with Gasteiger partial charge in [0.05, 0.1) is 22.3 Å². The van der Waals surface area contributed by atoms with E-state index in [0.29, 0.717) is 17.2 Å². The summed E-state index contributed by atoms with van der Waals surface area (Å²) in [7, 11) is 0. The Labute approximate surface area is 473 Å². The normalized spacial score (nSPS) is 12.8. The number of fused-ring (bicyclic) bond motifs is 1. The number of hydrogen-bond donors (Lipinski definition) is 1. The van der Waals surface area contributed by atoms with Gasteiger partial charge in [-0.1, -0.05) is 221 Å². The van der Waals surface area contributed by atoms with Crippen LogP contribution in [0.3, 0.4) is 0 Å². The fourth-order valence-corrected chi connectivity index (χ4v) is 9.72. The van der Waals surface area contributed by atoms with Crippen LogP contribution in [0.4, 0.5) is 0 Å². The van der Waals surface area contributed by atoms with Crippen molar-refractivity contribution < 1.29 is 26.2 Å². The second-order valence-corrected chi connectivity index (χ2v) is 27.0. The molecule has 77 heavy (non-hydrogen) atoms. The molecule has 0 aliphatic carbocycles. The van der Waals surface area contributed by atoms with E-state index in [9.17, 15) is 5.11 Å². The largest absolute Gasteiger partial charge is 0.507 e. The van der Waals surface area contributed by atoms with Crippen molar-refractivity contribution in [2.75, 3.05) is 0 Å². The zero-order valence-electron chi connectivity index (χ0n) is 48.6. The number of para-hydroxylation sites is 1. The minimum Gasteiger partial charge on any atom is -0.507 e. The number of phenols is 1. The van der Waals surface area contributed by atoms with Crippen LogP contribution in [0.5, 0.6) is 5.75 Å². The van der Waals surface area contributed by atoms with Crippen LogP contribution in [0.25, 0.3) is 84.1 Å². The molecule has 0 saturated carbocycles. The summed E-state index contributed by atoms with van der Waals surface area (Å²) in [5.74, 6) is 3.16. The van der Waals surface area contributed by atoms with Crippen molar-refractivity contribution in [3.05, 3.63) is 174 Å². The molecule has 0 amide bonds. The first-order valence-electron chi connectivity index (χ1n) is 26.9. The van der Waals surface area contributed by atoms with E-state index in [-0.39, 0.29) is 59.3 Å². The minimum absolute atomic E-state index is 0. The van der Waals surface area contributed by atoms with Crippen LogP contribution in [-0.2, 0) is 53.6 Å². The van der Waals surface area contributed by atoms with Gasteiger partial charge in [0.2, 0.25) is 0 Å². The standard InChI is InChI=1S/C69H77N6O.Pt/c1-64(2,3)49-36-47(35-48(37-49)55-39-46(33-34-70-55)42-23-20-19-21-24-42)51-25-22-26-57-58(51)71-61(52-40-50(65(4,5)6)41-54(59(52)76)67(10,11)12)75(57)56-32-31-45(38-53(56)66(7,8)9)43-27-29-44(30-28-43)60-72-62(68(13,14)15)74-63(73-60)69(16,17)18;/h19-34,36-41,76H,1-18H3;/q-1;. The van der Waals surface area contributed by atoms with Crippen molar-refractivity contribution in [3.8, 4) is 78.9 Å². The zero-order valence-corrected chi connectivity index (χ0v) is 50.9. The minimum atomic E-state index is -0.353. The van der Waals surface area contributed by atoms with Gasteiger partial charge in [0.15, 0.2) is 5.82 Å². The smallest absolute Gasteiger partial charge is 0.163 e. The molecule has 6 aromatic carbocycles. The van der Waals surface area contributed by atoms with E-state index in [4.69, 9.17) is 24.9 Å². The number of rotatable bonds is 7. The van der Waals surface area contributed by atoms with Gasteiger partial charge in [-0.3, -0.25) is 9.55 Å². The Balaban J connectivity index is 0.00000784.